The van der Waals surface area contributed by atoms with Gasteiger partial charge in [0.05, 0.1) is 12.1 Å². The maximum atomic E-state index is 5.97. The highest BCUT2D eigenvalue weighted by Gasteiger charge is 2.23. The predicted molar refractivity (Wildman–Crippen MR) is 116 cm³/mol. The second-order valence-electron chi connectivity index (χ2n) is 7.72. The van der Waals surface area contributed by atoms with Crippen LogP contribution in [0.2, 0.25) is 0 Å². The first kappa shape index (κ1) is 22.7. The predicted octanol–water partition coefficient (Wildman–Crippen LogP) is 2.69. The summed E-state index contributed by atoms with van der Waals surface area (Å²) < 4.78 is 11.0. The van der Waals surface area contributed by atoms with E-state index >= 15 is 0 Å². The highest BCUT2D eigenvalue weighted by Crippen LogP contribution is 2.19. The number of hydrogen-bond acceptors (Lipinski definition) is 4. The first-order valence-electron chi connectivity index (χ1n) is 10.3. The summed E-state index contributed by atoms with van der Waals surface area (Å²) in [5, 5.41) is 3.59. The van der Waals surface area contributed by atoms with Crippen molar-refractivity contribution in [3.05, 3.63) is 35.4 Å². The third kappa shape index (κ3) is 7.08. The van der Waals surface area contributed by atoms with E-state index in [4.69, 9.17) is 9.47 Å². The summed E-state index contributed by atoms with van der Waals surface area (Å²) in [6.07, 6.45) is 3.41. The summed E-state index contributed by atoms with van der Waals surface area (Å²) in [5.74, 6) is 0.983. The summed E-state index contributed by atoms with van der Waals surface area (Å²) in [7, 11) is 7.85. The van der Waals surface area contributed by atoms with Crippen molar-refractivity contribution in [1.82, 2.24) is 15.1 Å². The van der Waals surface area contributed by atoms with Gasteiger partial charge in [0.25, 0.3) is 0 Å². The molecule has 1 aromatic carbocycles. The van der Waals surface area contributed by atoms with Gasteiger partial charge in [-0.15, -0.1) is 0 Å². The third-order valence-electron chi connectivity index (χ3n) is 5.34. The molecule has 0 aromatic heterocycles. The highest BCUT2D eigenvalue weighted by molar-refractivity contribution is 5.80. The summed E-state index contributed by atoms with van der Waals surface area (Å²) in [4.78, 5) is 9.12. The van der Waals surface area contributed by atoms with Gasteiger partial charge in [-0.1, -0.05) is 29.8 Å². The van der Waals surface area contributed by atoms with Crippen molar-refractivity contribution in [2.45, 2.75) is 38.3 Å². The van der Waals surface area contributed by atoms with Crippen LogP contribution in [-0.2, 0) is 9.47 Å². The molecule has 1 aromatic rings. The summed E-state index contributed by atoms with van der Waals surface area (Å²) >= 11 is 0. The fourth-order valence-electron chi connectivity index (χ4n) is 3.59. The van der Waals surface area contributed by atoms with E-state index < -0.39 is 0 Å². The number of guanidine groups is 1. The largest absolute Gasteiger partial charge is 0.385 e. The molecule has 0 spiro atoms. The van der Waals surface area contributed by atoms with Crippen LogP contribution in [0.1, 0.15) is 36.4 Å². The fraction of sp³-hybridized carbons (Fsp3) is 0.682. The number of methoxy groups -OCH3 is 1. The van der Waals surface area contributed by atoms with E-state index in [-0.39, 0.29) is 0 Å². The van der Waals surface area contributed by atoms with E-state index in [0.29, 0.717) is 12.1 Å². The molecule has 1 atom stereocenters. The van der Waals surface area contributed by atoms with Crippen molar-refractivity contribution >= 4 is 5.96 Å². The molecule has 0 amide bonds. The molecule has 2 rings (SSSR count). The number of benzene rings is 1. The lowest BCUT2D eigenvalue weighted by molar-refractivity contribution is 0.00987. The minimum atomic E-state index is 0.305. The number of likely N-dealkylation sites (N-methyl/N-ethyl adjacent to an activating group) is 1. The third-order valence-corrected chi connectivity index (χ3v) is 5.34. The number of hydrogen-bond donors (Lipinski definition) is 1. The van der Waals surface area contributed by atoms with E-state index in [2.05, 4.69) is 65.4 Å². The molecule has 6 heteroatoms. The second kappa shape index (κ2) is 12.0. The number of likely N-dealkylation sites (tertiary alicyclic amines) is 1. The van der Waals surface area contributed by atoms with Crippen LogP contribution >= 0.6 is 0 Å². The maximum absolute atomic E-state index is 5.97. The molecular weight excluding hydrogens is 352 g/mol. The SMILES string of the molecule is CN=C(NCC(c1ccc(C)cc1)N(C)C)N1CCC(OCCCOC)CC1. The van der Waals surface area contributed by atoms with Gasteiger partial charge < -0.3 is 24.6 Å². The van der Waals surface area contributed by atoms with Gasteiger partial charge in [-0.25, -0.2) is 0 Å². The Labute approximate surface area is 170 Å². The van der Waals surface area contributed by atoms with Crippen molar-refractivity contribution < 1.29 is 9.47 Å². The summed E-state index contributed by atoms with van der Waals surface area (Å²) in [5.41, 5.74) is 2.61. The molecule has 1 aliphatic heterocycles. The first-order chi connectivity index (χ1) is 13.5. The van der Waals surface area contributed by atoms with Crippen molar-refractivity contribution in [3.8, 4) is 0 Å². The Morgan fingerprint density at radius 2 is 1.89 bits per heavy atom. The smallest absolute Gasteiger partial charge is 0.193 e. The van der Waals surface area contributed by atoms with Gasteiger partial charge in [-0.3, -0.25) is 4.99 Å². The van der Waals surface area contributed by atoms with E-state index in [1.807, 2.05) is 7.05 Å². The molecule has 158 valence electrons. The second-order valence-corrected chi connectivity index (χ2v) is 7.72. The molecule has 0 radical (unpaired) electrons. The zero-order valence-electron chi connectivity index (χ0n) is 18.3. The van der Waals surface area contributed by atoms with Crippen LogP contribution < -0.4 is 5.32 Å². The number of nitrogens with zero attached hydrogens (tertiary/aromatic N) is 3. The Bertz CT molecular complexity index is 581. The minimum absolute atomic E-state index is 0.305. The van der Waals surface area contributed by atoms with E-state index in [1.54, 1.807) is 7.11 Å². The summed E-state index contributed by atoms with van der Waals surface area (Å²) in [6, 6.07) is 9.10. The zero-order chi connectivity index (χ0) is 20.4. The molecule has 6 nitrogen and oxygen atoms in total. The van der Waals surface area contributed by atoms with Crippen LogP contribution in [0.3, 0.4) is 0 Å². The van der Waals surface area contributed by atoms with E-state index in [9.17, 15) is 0 Å². The molecule has 1 heterocycles. The molecule has 1 unspecified atom stereocenters. The molecule has 0 aliphatic carbocycles. The lowest BCUT2D eigenvalue weighted by Crippen LogP contribution is -2.48. The number of rotatable bonds is 9. The average Bonchev–Trinajstić information content (AvgIpc) is 2.70. The minimum Gasteiger partial charge on any atom is -0.385 e. The average molecular weight is 391 g/mol. The van der Waals surface area contributed by atoms with Crippen LogP contribution in [0.4, 0.5) is 0 Å². The van der Waals surface area contributed by atoms with Crippen molar-refractivity contribution in [1.29, 1.82) is 0 Å². The van der Waals surface area contributed by atoms with Crippen molar-refractivity contribution in [2.24, 2.45) is 4.99 Å². The van der Waals surface area contributed by atoms with Gasteiger partial charge in [-0.05, 0) is 45.8 Å². The Hall–Kier alpha value is -1.63. The van der Waals surface area contributed by atoms with Crippen LogP contribution in [0, 0.1) is 6.92 Å². The zero-order valence-corrected chi connectivity index (χ0v) is 18.3. The molecule has 0 bridgehead atoms. The molecular formula is C22H38N4O2. The maximum Gasteiger partial charge on any atom is 0.193 e. The van der Waals surface area contributed by atoms with Crippen LogP contribution in [-0.4, -0.2) is 83.0 Å². The Kier molecular flexibility index (Phi) is 9.75. The highest BCUT2D eigenvalue weighted by atomic mass is 16.5. The Morgan fingerprint density at radius 3 is 2.46 bits per heavy atom. The monoisotopic (exact) mass is 390 g/mol. The Morgan fingerprint density at radius 1 is 1.21 bits per heavy atom. The normalized spacial score (nSPS) is 17.2. The fourth-order valence-corrected chi connectivity index (χ4v) is 3.59. The van der Waals surface area contributed by atoms with E-state index in [1.165, 1.54) is 11.1 Å². The number of nitrogens with one attached hydrogen (secondary N) is 1. The van der Waals surface area contributed by atoms with Crippen molar-refractivity contribution in [2.75, 3.05) is 61.1 Å². The molecule has 1 fully saturated rings. The molecule has 28 heavy (non-hydrogen) atoms. The van der Waals surface area contributed by atoms with Gasteiger partial charge in [0.2, 0.25) is 0 Å². The van der Waals surface area contributed by atoms with Crippen LogP contribution in [0.25, 0.3) is 0 Å². The first-order valence-corrected chi connectivity index (χ1v) is 10.3. The van der Waals surface area contributed by atoms with Crippen molar-refractivity contribution in [3.63, 3.8) is 0 Å². The van der Waals surface area contributed by atoms with E-state index in [0.717, 1.165) is 58.1 Å². The van der Waals surface area contributed by atoms with Gasteiger partial charge in [0.1, 0.15) is 0 Å². The lowest BCUT2D eigenvalue weighted by Gasteiger charge is -2.35. The van der Waals surface area contributed by atoms with Gasteiger partial charge >= 0.3 is 0 Å². The molecule has 1 saturated heterocycles. The molecule has 1 N–H and O–H groups in total. The number of aliphatic imine (C=N–C) groups is 1. The molecule has 0 saturated carbocycles. The standard InChI is InChI=1S/C22H38N4O2/c1-18-7-9-19(10-8-18)21(25(3)4)17-24-22(23-2)26-13-11-20(12-14-26)28-16-6-15-27-5/h7-10,20-21H,6,11-17H2,1-5H3,(H,23,24). The Balaban J connectivity index is 1.82. The van der Waals surface area contributed by atoms with Gasteiger partial charge in [0, 0.05) is 47.0 Å². The van der Waals surface area contributed by atoms with Crippen LogP contribution in [0.5, 0.6) is 0 Å². The summed E-state index contributed by atoms with van der Waals surface area (Å²) in [6.45, 7) is 6.46. The number of aryl methyl sites for hydroxylation is 1. The van der Waals surface area contributed by atoms with Gasteiger partial charge in [0.15, 0.2) is 5.96 Å². The number of ether oxygens (including phenoxy) is 2. The molecule has 1 aliphatic rings. The van der Waals surface area contributed by atoms with Gasteiger partial charge in [-0.2, -0.15) is 0 Å². The lowest BCUT2D eigenvalue weighted by atomic mass is 10.0. The van der Waals surface area contributed by atoms with Crippen LogP contribution in [0.15, 0.2) is 29.3 Å². The topological polar surface area (TPSA) is 49.3 Å². The quantitative estimate of drug-likeness (QED) is 0.399. The number of piperidine rings is 1.